The molecule has 0 saturated carbocycles. The standard InChI is InChI=1S/C34H22F6N6S2/c35-33(36,37)23-12-3-1-10-21(23)25-14-6-16-27(45-25)31(43)47-29(41)19-8-5-9-20(18-19)30(42)48-32(44)28-17-7-15-26(46-28)22-11-2-4-13-24(22)34(38,39)40/h1-18,41-44H/p+1. The van der Waals surface area contributed by atoms with Crippen molar-refractivity contribution in [1.82, 2.24) is 9.97 Å². The lowest BCUT2D eigenvalue weighted by atomic mass is 10.0. The topological polar surface area (TPSA) is 123 Å². The van der Waals surface area contributed by atoms with E-state index in [2.05, 4.69) is 9.97 Å². The van der Waals surface area contributed by atoms with Gasteiger partial charge in [-0.2, -0.15) is 26.3 Å². The average Bonchev–Trinajstić information content (AvgIpc) is 3.07. The molecule has 0 aliphatic heterocycles. The summed E-state index contributed by atoms with van der Waals surface area (Å²) in [7, 11) is 0. The number of rotatable bonds is 6. The third kappa shape index (κ3) is 7.89. The van der Waals surface area contributed by atoms with Crippen LogP contribution in [0.15, 0.2) is 109 Å². The number of aromatic nitrogens is 2. The van der Waals surface area contributed by atoms with Crippen LogP contribution in [-0.4, -0.2) is 30.1 Å². The van der Waals surface area contributed by atoms with E-state index < -0.39 is 23.5 Å². The smallest absolute Gasteiger partial charge is 0.293 e. The second-order valence-corrected chi connectivity index (χ2v) is 12.1. The van der Waals surface area contributed by atoms with Gasteiger partial charge in [0.1, 0.15) is 20.8 Å². The van der Waals surface area contributed by atoms with Gasteiger partial charge < -0.3 is 0 Å². The number of nitrogens with one attached hydrogen (secondary N) is 3. The Morgan fingerprint density at radius 1 is 0.521 bits per heavy atom. The highest BCUT2D eigenvalue weighted by Gasteiger charge is 2.34. The van der Waals surface area contributed by atoms with Crippen molar-refractivity contribution in [3.8, 4) is 22.5 Å². The van der Waals surface area contributed by atoms with Gasteiger partial charge in [-0.15, -0.1) is 0 Å². The maximum absolute atomic E-state index is 13.6. The quantitative estimate of drug-likeness (QED) is 0.0814. The van der Waals surface area contributed by atoms with Crippen molar-refractivity contribution in [3.63, 3.8) is 0 Å². The molecule has 0 aliphatic carbocycles. The number of nitrogens with zero attached hydrogens (tertiary/aromatic N) is 2. The Balaban J connectivity index is 1.29. The van der Waals surface area contributed by atoms with E-state index in [4.69, 9.17) is 21.6 Å². The molecule has 5 rings (SSSR count). The minimum absolute atomic E-state index is 0.0252. The first-order valence-electron chi connectivity index (χ1n) is 13.8. The number of benzene rings is 3. The van der Waals surface area contributed by atoms with Crippen molar-refractivity contribution >= 4 is 43.7 Å². The first kappa shape index (κ1) is 34.3. The van der Waals surface area contributed by atoms with E-state index in [0.717, 1.165) is 35.7 Å². The zero-order chi connectivity index (χ0) is 34.6. The van der Waals surface area contributed by atoms with Crippen LogP contribution in [0.2, 0.25) is 0 Å². The van der Waals surface area contributed by atoms with Gasteiger partial charge in [-0.05, 0) is 54.2 Å². The van der Waals surface area contributed by atoms with Crippen LogP contribution >= 0.6 is 23.5 Å². The number of thioether (sulfide) groups is 2. The monoisotopic (exact) mass is 693 g/mol. The highest BCUT2D eigenvalue weighted by molar-refractivity contribution is 8.27. The summed E-state index contributed by atoms with van der Waals surface area (Å²) in [5.41, 5.74) is -0.851. The van der Waals surface area contributed by atoms with Gasteiger partial charge in [0.05, 0.1) is 28.2 Å². The van der Waals surface area contributed by atoms with Crippen LogP contribution in [0.3, 0.4) is 0 Å². The van der Waals surface area contributed by atoms with Crippen LogP contribution in [0.5, 0.6) is 0 Å². The van der Waals surface area contributed by atoms with Crippen molar-refractivity contribution < 1.29 is 31.8 Å². The van der Waals surface area contributed by atoms with Gasteiger partial charge >= 0.3 is 12.4 Å². The fraction of sp³-hybridized carbons (Fsp3) is 0.0588. The molecule has 2 heterocycles. The molecule has 2 aromatic heterocycles. The molecule has 0 saturated heterocycles. The highest BCUT2D eigenvalue weighted by atomic mass is 32.2. The normalized spacial score (nSPS) is 11.6. The van der Waals surface area contributed by atoms with Gasteiger partial charge in [0.2, 0.25) is 0 Å². The number of hydrogen-bond donors (Lipinski definition) is 4. The van der Waals surface area contributed by atoms with Crippen molar-refractivity contribution in [2.45, 2.75) is 12.4 Å². The Kier molecular flexibility index (Phi) is 9.96. The fourth-order valence-electron chi connectivity index (χ4n) is 4.58. The van der Waals surface area contributed by atoms with Crippen molar-refractivity contribution in [3.05, 3.63) is 143 Å². The van der Waals surface area contributed by atoms with Crippen molar-refractivity contribution in [2.75, 3.05) is 0 Å². The first-order valence-corrected chi connectivity index (χ1v) is 15.5. The van der Waals surface area contributed by atoms with Gasteiger partial charge in [0, 0.05) is 34.0 Å². The van der Waals surface area contributed by atoms with Gasteiger partial charge in [0.25, 0.3) is 5.04 Å². The molecule has 0 radical (unpaired) electrons. The molecule has 0 unspecified atom stereocenters. The Labute approximate surface area is 278 Å². The van der Waals surface area contributed by atoms with Crippen molar-refractivity contribution in [2.24, 2.45) is 0 Å². The molecule has 5 N–H and O–H groups in total. The molecule has 0 atom stereocenters. The molecule has 0 bridgehead atoms. The maximum atomic E-state index is 13.6. The van der Waals surface area contributed by atoms with Gasteiger partial charge in [-0.1, -0.05) is 66.7 Å². The highest BCUT2D eigenvalue weighted by Crippen LogP contribution is 2.37. The summed E-state index contributed by atoms with van der Waals surface area (Å²) in [5.74, 6) is 0. The van der Waals surface area contributed by atoms with Crippen LogP contribution < -0.4 is 5.41 Å². The molecule has 6 nitrogen and oxygen atoms in total. The number of halogens is 6. The summed E-state index contributed by atoms with van der Waals surface area (Å²) in [6.07, 6.45) is -9.18. The van der Waals surface area contributed by atoms with Crippen LogP contribution in [-0.2, 0) is 12.4 Å². The van der Waals surface area contributed by atoms with Crippen LogP contribution in [0, 0.1) is 16.2 Å². The first-order chi connectivity index (χ1) is 22.7. The lowest BCUT2D eigenvalue weighted by Gasteiger charge is -2.13. The molecule has 242 valence electrons. The lowest BCUT2D eigenvalue weighted by molar-refractivity contribution is -0.137. The minimum atomic E-state index is -4.60. The summed E-state index contributed by atoms with van der Waals surface area (Å²) in [6.45, 7) is 0. The second-order valence-electron chi connectivity index (χ2n) is 10.0. The third-order valence-electron chi connectivity index (χ3n) is 6.80. The number of hydrogen-bond acceptors (Lipinski definition) is 7. The zero-order valence-electron chi connectivity index (χ0n) is 24.4. The molecule has 0 amide bonds. The van der Waals surface area contributed by atoms with E-state index in [0.29, 0.717) is 11.1 Å². The molecular formula is C34H23F6N6S2+. The number of pyridine rings is 2. The second kappa shape index (κ2) is 14.0. The maximum Gasteiger partial charge on any atom is 0.417 e. The van der Waals surface area contributed by atoms with Gasteiger partial charge in [-0.3, -0.25) is 16.2 Å². The number of nitrogens with two attached hydrogens (primary N) is 1. The Hall–Kier alpha value is -5.08. The largest absolute Gasteiger partial charge is 0.417 e. The fourth-order valence-corrected chi connectivity index (χ4v) is 5.93. The molecular weight excluding hydrogens is 671 g/mol. The van der Waals surface area contributed by atoms with Crippen molar-refractivity contribution in [1.29, 1.82) is 16.2 Å². The molecule has 3 aromatic carbocycles. The van der Waals surface area contributed by atoms with E-state index in [1.165, 1.54) is 78.9 Å². The summed E-state index contributed by atoms with van der Waals surface area (Å²) < 4.78 is 81.4. The molecule has 0 aliphatic rings. The lowest BCUT2D eigenvalue weighted by Crippen LogP contribution is -2.39. The molecule has 14 heteroatoms. The third-order valence-corrected chi connectivity index (χ3v) is 8.53. The summed E-state index contributed by atoms with van der Waals surface area (Å²) in [6, 6.07) is 25.3. The Morgan fingerprint density at radius 2 is 0.958 bits per heavy atom. The van der Waals surface area contributed by atoms with E-state index in [-0.39, 0.29) is 54.1 Å². The van der Waals surface area contributed by atoms with Crippen LogP contribution in [0.1, 0.15) is 33.6 Å². The minimum Gasteiger partial charge on any atom is -0.293 e. The Bertz CT molecular complexity index is 1920. The number of alkyl halides is 6. The molecule has 48 heavy (non-hydrogen) atoms. The zero-order valence-corrected chi connectivity index (χ0v) is 26.1. The van der Waals surface area contributed by atoms with E-state index in [1.54, 1.807) is 18.2 Å². The molecule has 5 aromatic rings. The average molecular weight is 694 g/mol. The van der Waals surface area contributed by atoms with Crippen LogP contribution in [0.4, 0.5) is 26.3 Å². The van der Waals surface area contributed by atoms with Crippen LogP contribution in [0.25, 0.3) is 22.5 Å². The Morgan fingerprint density at radius 3 is 1.48 bits per heavy atom. The molecule has 0 fully saturated rings. The summed E-state index contributed by atoms with van der Waals surface area (Å²) in [4.78, 5) is 8.57. The summed E-state index contributed by atoms with van der Waals surface area (Å²) >= 11 is 1.57. The summed E-state index contributed by atoms with van der Waals surface area (Å²) in [5, 5.41) is 31.7. The molecule has 0 spiro atoms. The van der Waals surface area contributed by atoms with E-state index in [9.17, 15) is 26.3 Å². The predicted molar refractivity (Wildman–Crippen MR) is 177 cm³/mol. The van der Waals surface area contributed by atoms with Gasteiger partial charge in [-0.25, -0.2) is 15.4 Å². The van der Waals surface area contributed by atoms with E-state index in [1.807, 2.05) is 0 Å². The van der Waals surface area contributed by atoms with E-state index >= 15 is 0 Å². The SMILES string of the molecule is N=C(SC(=N)c1cccc(-c2ccccc2C(F)(F)F)n1)c1cccc(C(=N)SC(=[NH2+])c2cccc(-c3ccccc3C(F)(F)F)n2)c1. The predicted octanol–water partition coefficient (Wildman–Crippen LogP) is 8.20. The van der Waals surface area contributed by atoms with Gasteiger partial charge in [0.15, 0.2) is 0 Å².